The SMILES string of the molecule is NCCn1ccnc1Cc1ccc(F)c(F)c1. The van der Waals surface area contributed by atoms with Gasteiger partial charge in [0.2, 0.25) is 0 Å². The molecule has 2 N–H and O–H groups in total. The number of nitrogens with zero attached hydrogens (tertiary/aromatic N) is 2. The van der Waals surface area contributed by atoms with Crippen molar-refractivity contribution in [3.8, 4) is 0 Å². The van der Waals surface area contributed by atoms with Crippen molar-refractivity contribution in [1.82, 2.24) is 9.55 Å². The molecule has 1 heterocycles. The monoisotopic (exact) mass is 237 g/mol. The van der Waals surface area contributed by atoms with Crippen LogP contribution in [0.5, 0.6) is 0 Å². The van der Waals surface area contributed by atoms with Gasteiger partial charge in [-0.2, -0.15) is 0 Å². The van der Waals surface area contributed by atoms with E-state index in [1.165, 1.54) is 6.07 Å². The van der Waals surface area contributed by atoms with Crippen molar-refractivity contribution in [3.63, 3.8) is 0 Å². The van der Waals surface area contributed by atoms with Gasteiger partial charge in [0.25, 0.3) is 0 Å². The fourth-order valence-electron chi connectivity index (χ4n) is 1.68. The van der Waals surface area contributed by atoms with Crippen molar-refractivity contribution >= 4 is 0 Å². The Morgan fingerprint density at radius 1 is 1.24 bits per heavy atom. The van der Waals surface area contributed by atoms with Crippen molar-refractivity contribution < 1.29 is 8.78 Å². The Balaban J connectivity index is 2.19. The minimum Gasteiger partial charge on any atom is -0.333 e. The predicted molar refractivity (Wildman–Crippen MR) is 60.4 cm³/mol. The molecule has 0 spiro atoms. The first-order valence-corrected chi connectivity index (χ1v) is 5.34. The normalized spacial score (nSPS) is 10.8. The molecule has 1 aromatic heterocycles. The molecule has 1 aromatic carbocycles. The van der Waals surface area contributed by atoms with E-state index in [-0.39, 0.29) is 0 Å². The van der Waals surface area contributed by atoms with Crippen LogP contribution in [0.2, 0.25) is 0 Å². The topological polar surface area (TPSA) is 43.8 Å². The van der Waals surface area contributed by atoms with Crippen molar-refractivity contribution in [1.29, 1.82) is 0 Å². The largest absolute Gasteiger partial charge is 0.333 e. The molecule has 0 saturated heterocycles. The van der Waals surface area contributed by atoms with E-state index in [1.807, 2.05) is 10.8 Å². The molecule has 17 heavy (non-hydrogen) atoms. The fourth-order valence-corrected chi connectivity index (χ4v) is 1.68. The number of nitrogens with two attached hydrogens (primary N) is 1. The average Bonchev–Trinajstić information content (AvgIpc) is 2.72. The number of benzene rings is 1. The average molecular weight is 237 g/mol. The van der Waals surface area contributed by atoms with Crippen LogP contribution < -0.4 is 5.73 Å². The van der Waals surface area contributed by atoms with E-state index in [4.69, 9.17) is 5.73 Å². The van der Waals surface area contributed by atoms with E-state index in [1.54, 1.807) is 12.3 Å². The van der Waals surface area contributed by atoms with Gasteiger partial charge in [-0.1, -0.05) is 6.07 Å². The van der Waals surface area contributed by atoms with E-state index in [0.29, 0.717) is 25.1 Å². The van der Waals surface area contributed by atoms with E-state index in [0.717, 1.165) is 11.9 Å². The first-order valence-electron chi connectivity index (χ1n) is 5.34. The van der Waals surface area contributed by atoms with Crippen molar-refractivity contribution in [2.75, 3.05) is 6.54 Å². The van der Waals surface area contributed by atoms with Crippen LogP contribution in [0.3, 0.4) is 0 Å². The van der Waals surface area contributed by atoms with E-state index >= 15 is 0 Å². The molecule has 0 amide bonds. The van der Waals surface area contributed by atoms with Crippen LogP contribution in [0.25, 0.3) is 0 Å². The highest BCUT2D eigenvalue weighted by molar-refractivity contribution is 5.21. The quantitative estimate of drug-likeness (QED) is 0.879. The lowest BCUT2D eigenvalue weighted by Crippen LogP contribution is -2.12. The van der Waals surface area contributed by atoms with Gasteiger partial charge in [0.1, 0.15) is 5.82 Å². The maximum Gasteiger partial charge on any atom is 0.159 e. The third-order valence-electron chi connectivity index (χ3n) is 2.52. The lowest BCUT2D eigenvalue weighted by Gasteiger charge is -2.06. The first kappa shape index (κ1) is 11.7. The summed E-state index contributed by atoms with van der Waals surface area (Å²) in [5, 5.41) is 0. The van der Waals surface area contributed by atoms with E-state index in [9.17, 15) is 8.78 Å². The van der Waals surface area contributed by atoms with Gasteiger partial charge in [0.05, 0.1) is 0 Å². The minimum atomic E-state index is -0.834. The highest BCUT2D eigenvalue weighted by Crippen LogP contribution is 2.12. The van der Waals surface area contributed by atoms with Gasteiger partial charge in [0.15, 0.2) is 11.6 Å². The van der Waals surface area contributed by atoms with Gasteiger partial charge in [-0.05, 0) is 17.7 Å². The van der Waals surface area contributed by atoms with Crippen LogP contribution in [-0.4, -0.2) is 16.1 Å². The lowest BCUT2D eigenvalue weighted by atomic mass is 10.1. The summed E-state index contributed by atoms with van der Waals surface area (Å²) in [4.78, 5) is 4.17. The molecule has 90 valence electrons. The van der Waals surface area contributed by atoms with E-state index in [2.05, 4.69) is 4.98 Å². The second-order valence-electron chi connectivity index (χ2n) is 3.75. The van der Waals surface area contributed by atoms with Crippen LogP contribution >= 0.6 is 0 Å². The molecular formula is C12H13F2N3. The molecule has 2 rings (SSSR count). The molecule has 0 fully saturated rings. The van der Waals surface area contributed by atoms with Gasteiger partial charge in [0, 0.05) is 31.9 Å². The molecular weight excluding hydrogens is 224 g/mol. The smallest absolute Gasteiger partial charge is 0.159 e. The fraction of sp³-hybridized carbons (Fsp3) is 0.250. The summed E-state index contributed by atoms with van der Waals surface area (Å²) in [5.41, 5.74) is 6.16. The Morgan fingerprint density at radius 2 is 2.06 bits per heavy atom. The molecule has 3 nitrogen and oxygen atoms in total. The standard InChI is InChI=1S/C12H13F2N3/c13-10-2-1-9(7-11(10)14)8-12-16-4-6-17(12)5-3-15/h1-2,4,6-7H,3,5,8,15H2. The Morgan fingerprint density at radius 3 is 2.76 bits per heavy atom. The molecule has 5 heteroatoms. The molecule has 2 aromatic rings. The minimum absolute atomic E-state index is 0.462. The van der Waals surface area contributed by atoms with Crippen LogP contribution in [0.15, 0.2) is 30.6 Å². The summed E-state index contributed by atoms with van der Waals surface area (Å²) in [6, 6.07) is 3.87. The Kier molecular flexibility index (Phi) is 3.49. The molecule has 0 aliphatic heterocycles. The Labute approximate surface area is 97.9 Å². The summed E-state index contributed by atoms with van der Waals surface area (Å²) in [6.07, 6.45) is 3.96. The predicted octanol–water partition coefficient (Wildman–Crippen LogP) is 1.71. The highest BCUT2D eigenvalue weighted by Gasteiger charge is 2.06. The molecule has 0 saturated carbocycles. The van der Waals surface area contributed by atoms with Crippen molar-refractivity contribution in [2.45, 2.75) is 13.0 Å². The zero-order valence-electron chi connectivity index (χ0n) is 9.24. The molecule has 0 radical (unpaired) electrons. The highest BCUT2D eigenvalue weighted by atomic mass is 19.2. The molecule has 0 bridgehead atoms. The maximum absolute atomic E-state index is 13.0. The second-order valence-corrected chi connectivity index (χ2v) is 3.75. The van der Waals surface area contributed by atoms with Crippen LogP contribution in [-0.2, 0) is 13.0 Å². The van der Waals surface area contributed by atoms with Crippen molar-refractivity contribution in [2.24, 2.45) is 5.73 Å². The third kappa shape index (κ3) is 2.68. The van der Waals surface area contributed by atoms with Crippen LogP contribution in [0.4, 0.5) is 8.78 Å². The zero-order valence-corrected chi connectivity index (χ0v) is 9.24. The number of aromatic nitrogens is 2. The zero-order chi connectivity index (χ0) is 12.3. The van der Waals surface area contributed by atoms with Crippen LogP contribution in [0, 0.1) is 11.6 Å². The Hall–Kier alpha value is -1.75. The summed E-state index contributed by atoms with van der Waals surface area (Å²) in [6.45, 7) is 1.18. The Bertz CT molecular complexity index is 508. The molecule has 0 aliphatic rings. The van der Waals surface area contributed by atoms with Gasteiger partial charge >= 0.3 is 0 Å². The summed E-state index contributed by atoms with van der Waals surface area (Å²) in [7, 11) is 0. The van der Waals surface area contributed by atoms with Gasteiger partial charge in [-0.15, -0.1) is 0 Å². The molecule has 0 unspecified atom stereocenters. The first-order chi connectivity index (χ1) is 8.20. The number of rotatable bonds is 4. The number of hydrogen-bond acceptors (Lipinski definition) is 2. The van der Waals surface area contributed by atoms with E-state index < -0.39 is 11.6 Å². The third-order valence-corrected chi connectivity index (χ3v) is 2.52. The summed E-state index contributed by atoms with van der Waals surface area (Å²) in [5.74, 6) is -0.875. The number of imidazole rings is 1. The second kappa shape index (κ2) is 5.05. The number of halogens is 2. The molecule has 0 atom stereocenters. The van der Waals surface area contributed by atoms with Gasteiger partial charge in [-0.3, -0.25) is 0 Å². The van der Waals surface area contributed by atoms with Crippen molar-refractivity contribution in [3.05, 3.63) is 53.6 Å². The number of hydrogen-bond donors (Lipinski definition) is 1. The van der Waals surface area contributed by atoms with Crippen LogP contribution in [0.1, 0.15) is 11.4 Å². The molecule has 0 aliphatic carbocycles. The summed E-state index contributed by atoms with van der Waals surface area (Å²) < 4.78 is 27.7. The maximum atomic E-state index is 13.0. The lowest BCUT2D eigenvalue weighted by molar-refractivity contribution is 0.507. The van der Waals surface area contributed by atoms with Gasteiger partial charge in [-0.25, -0.2) is 13.8 Å². The summed E-state index contributed by atoms with van der Waals surface area (Å²) >= 11 is 0. The van der Waals surface area contributed by atoms with Gasteiger partial charge < -0.3 is 10.3 Å².